The van der Waals surface area contributed by atoms with Gasteiger partial charge in [0.15, 0.2) is 0 Å². The molecule has 0 bridgehead atoms. The Kier molecular flexibility index (Phi) is 6.84. The number of hydrogen-bond donors (Lipinski definition) is 1. The predicted molar refractivity (Wildman–Crippen MR) is 85.1 cm³/mol. The Morgan fingerprint density at radius 3 is 2.74 bits per heavy atom. The first-order valence-corrected chi connectivity index (χ1v) is 7.15. The van der Waals surface area contributed by atoms with Crippen LogP contribution in [0, 0.1) is 12.8 Å². The normalized spacial score (nSPS) is 20.9. The zero-order valence-electron chi connectivity index (χ0n) is 12.4. The quantitative estimate of drug-likeness (QED) is 0.910. The van der Waals surface area contributed by atoms with E-state index in [0.717, 1.165) is 5.92 Å². The van der Waals surface area contributed by atoms with Gasteiger partial charge in [0.1, 0.15) is 0 Å². The first-order chi connectivity index (χ1) is 8.68. The standard InChI is InChI=1S/C16H26N2.ClH/c1-13-7-4-5-9-16(13)14(2)18(3)12-15-8-6-10-17-11-15;/h4-5,7,9,14-15,17H,6,8,10-12H2,1-3H3;1H. The summed E-state index contributed by atoms with van der Waals surface area (Å²) in [6.07, 6.45) is 2.70. The second-order valence-electron chi connectivity index (χ2n) is 5.68. The van der Waals surface area contributed by atoms with Crippen molar-refractivity contribution >= 4 is 12.4 Å². The Morgan fingerprint density at radius 1 is 1.37 bits per heavy atom. The molecule has 1 aliphatic heterocycles. The third kappa shape index (κ3) is 4.48. The van der Waals surface area contributed by atoms with Crippen molar-refractivity contribution in [2.45, 2.75) is 32.7 Å². The van der Waals surface area contributed by atoms with E-state index in [1.165, 1.54) is 43.6 Å². The van der Waals surface area contributed by atoms with Gasteiger partial charge >= 0.3 is 0 Å². The van der Waals surface area contributed by atoms with Crippen LogP contribution in [0.2, 0.25) is 0 Å². The molecule has 2 unspecified atom stereocenters. The monoisotopic (exact) mass is 282 g/mol. The van der Waals surface area contributed by atoms with E-state index in [-0.39, 0.29) is 12.4 Å². The summed E-state index contributed by atoms with van der Waals surface area (Å²) in [5.74, 6) is 0.815. The van der Waals surface area contributed by atoms with Crippen LogP contribution >= 0.6 is 12.4 Å². The zero-order valence-corrected chi connectivity index (χ0v) is 13.2. The van der Waals surface area contributed by atoms with Crippen molar-refractivity contribution in [2.24, 2.45) is 5.92 Å². The first kappa shape index (κ1) is 16.5. The molecule has 2 rings (SSSR count). The highest BCUT2D eigenvalue weighted by Gasteiger charge is 2.19. The maximum Gasteiger partial charge on any atom is 0.0319 e. The molecule has 2 nitrogen and oxygen atoms in total. The minimum Gasteiger partial charge on any atom is -0.316 e. The molecule has 0 amide bonds. The Morgan fingerprint density at radius 2 is 2.11 bits per heavy atom. The van der Waals surface area contributed by atoms with E-state index in [2.05, 4.69) is 55.4 Å². The van der Waals surface area contributed by atoms with E-state index in [4.69, 9.17) is 0 Å². The number of hydrogen-bond acceptors (Lipinski definition) is 2. The van der Waals surface area contributed by atoms with Gasteiger partial charge in [-0.25, -0.2) is 0 Å². The molecule has 1 N–H and O–H groups in total. The lowest BCUT2D eigenvalue weighted by Gasteiger charge is -2.32. The molecule has 2 atom stereocenters. The molecule has 0 saturated carbocycles. The Bertz CT molecular complexity index is 375. The maximum absolute atomic E-state index is 3.50. The summed E-state index contributed by atoms with van der Waals surface area (Å²) in [6, 6.07) is 9.25. The summed E-state index contributed by atoms with van der Waals surface area (Å²) < 4.78 is 0. The van der Waals surface area contributed by atoms with Gasteiger partial charge in [0, 0.05) is 12.6 Å². The van der Waals surface area contributed by atoms with Crippen LogP contribution in [-0.2, 0) is 0 Å². The zero-order chi connectivity index (χ0) is 13.0. The van der Waals surface area contributed by atoms with Crippen LogP contribution in [0.3, 0.4) is 0 Å². The van der Waals surface area contributed by atoms with Gasteiger partial charge in [0.2, 0.25) is 0 Å². The molecule has 0 spiro atoms. The van der Waals surface area contributed by atoms with Crippen LogP contribution in [0.15, 0.2) is 24.3 Å². The fourth-order valence-corrected chi connectivity index (χ4v) is 2.94. The van der Waals surface area contributed by atoms with Gasteiger partial charge in [-0.05, 0) is 63.9 Å². The van der Waals surface area contributed by atoms with E-state index in [1.807, 2.05) is 0 Å². The molecule has 0 radical (unpaired) electrons. The van der Waals surface area contributed by atoms with Crippen molar-refractivity contribution in [1.82, 2.24) is 10.2 Å². The molecular formula is C16H27ClN2. The average Bonchev–Trinajstić information content (AvgIpc) is 2.39. The van der Waals surface area contributed by atoms with Crippen molar-refractivity contribution in [1.29, 1.82) is 0 Å². The predicted octanol–water partition coefficient (Wildman–Crippen LogP) is 3.41. The number of rotatable bonds is 4. The van der Waals surface area contributed by atoms with Crippen molar-refractivity contribution in [3.05, 3.63) is 35.4 Å². The third-order valence-electron chi connectivity index (χ3n) is 4.24. The fourth-order valence-electron chi connectivity index (χ4n) is 2.94. The summed E-state index contributed by atoms with van der Waals surface area (Å²) in [5, 5.41) is 3.50. The topological polar surface area (TPSA) is 15.3 Å². The first-order valence-electron chi connectivity index (χ1n) is 7.15. The molecule has 1 aliphatic rings. The van der Waals surface area contributed by atoms with E-state index in [1.54, 1.807) is 0 Å². The lowest BCUT2D eigenvalue weighted by Crippen LogP contribution is -2.37. The van der Waals surface area contributed by atoms with Crippen LogP contribution in [-0.4, -0.2) is 31.6 Å². The molecule has 19 heavy (non-hydrogen) atoms. The van der Waals surface area contributed by atoms with Crippen molar-refractivity contribution in [3.63, 3.8) is 0 Å². The van der Waals surface area contributed by atoms with Crippen LogP contribution in [0.1, 0.15) is 36.9 Å². The van der Waals surface area contributed by atoms with E-state index in [9.17, 15) is 0 Å². The van der Waals surface area contributed by atoms with Gasteiger partial charge in [-0.2, -0.15) is 0 Å². The summed E-state index contributed by atoms with van der Waals surface area (Å²) in [4.78, 5) is 2.50. The van der Waals surface area contributed by atoms with Crippen molar-refractivity contribution in [2.75, 3.05) is 26.7 Å². The lowest BCUT2D eigenvalue weighted by molar-refractivity contribution is 0.199. The summed E-state index contributed by atoms with van der Waals surface area (Å²) in [5.41, 5.74) is 2.86. The molecule has 0 aliphatic carbocycles. The highest BCUT2D eigenvalue weighted by atomic mass is 35.5. The molecule has 1 saturated heterocycles. The van der Waals surface area contributed by atoms with Gasteiger partial charge in [0.25, 0.3) is 0 Å². The van der Waals surface area contributed by atoms with Crippen LogP contribution in [0.25, 0.3) is 0 Å². The number of nitrogens with one attached hydrogen (secondary N) is 1. The molecule has 108 valence electrons. The largest absolute Gasteiger partial charge is 0.316 e. The third-order valence-corrected chi connectivity index (χ3v) is 4.24. The number of piperidine rings is 1. The molecule has 0 aromatic heterocycles. The average molecular weight is 283 g/mol. The van der Waals surface area contributed by atoms with Crippen LogP contribution < -0.4 is 5.32 Å². The Balaban J connectivity index is 0.00000180. The molecule has 1 aromatic carbocycles. The number of halogens is 1. The second kappa shape index (κ2) is 7.88. The minimum absolute atomic E-state index is 0. The summed E-state index contributed by atoms with van der Waals surface area (Å²) in [6.45, 7) is 8.11. The molecule has 1 aromatic rings. The Labute approximate surface area is 124 Å². The number of aryl methyl sites for hydroxylation is 1. The second-order valence-corrected chi connectivity index (χ2v) is 5.68. The van der Waals surface area contributed by atoms with Gasteiger partial charge < -0.3 is 5.32 Å². The highest BCUT2D eigenvalue weighted by Crippen LogP contribution is 2.23. The van der Waals surface area contributed by atoms with Gasteiger partial charge in [-0.3, -0.25) is 4.90 Å². The molecule has 1 heterocycles. The van der Waals surface area contributed by atoms with E-state index in [0.29, 0.717) is 6.04 Å². The van der Waals surface area contributed by atoms with Gasteiger partial charge in [-0.15, -0.1) is 12.4 Å². The maximum atomic E-state index is 3.50. The SMILES string of the molecule is Cc1ccccc1C(C)N(C)CC1CCCNC1.Cl. The number of nitrogens with zero attached hydrogens (tertiary/aromatic N) is 1. The number of benzene rings is 1. The van der Waals surface area contributed by atoms with Crippen molar-refractivity contribution < 1.29 is 0 Å². The highest BCUT2D eigenvalue weighted by molar-refractivity contribution is 5.85. The smallest absolute Gasteiger partial charge is 0.0319 e. The Hall–Kier alpha value is -0.570. The van der Waals surface area contributed by atoms with Gasteiger partial charge in [0.05, 0.1) is 0 Å². The summed E-state index contributed by atoms with van der Waals surface area (Å²) in [7, 11) is 2.26. The van der Waals surface area contributed by atoms with Crippen LogP contribution in [0.5, 0.6) is 0 Å². The van der Waals surface area contributed by atoms with Crippen LogP contribution in [0.4, 0.5) is 0 Å². The molecule has 3 heteroatoms. The molecule has 1 fully saturated rings. The lowest BCUT2D eigenvalue weighted by atomic mass is 9.96. The van der Waals surface area contributed by atoms with Crippen molar-refractivity contribution in [3.8, 4) is 0 Å². The van der Waals surface area contributed by atoms with E-state index >= 15 is 0 Å². The fraction of sp³-hybridized carbons (Fsp3) is 0.625. The van der Waals surface area contributed by atoms with Gasteiger partial charge in [-0.1, -0.05) is 24.3 Å². The minimum atomic E-state index is 0. The molecular weight excluding hydrogens is 256 g/mol. The summed E-state index contributed by atoms with van der Waals surface area (Å²) >= 11 is 0. The van der Waals surface area contributed by atoms with E-state index < -0.39 is 0 Å².